The SMILES string of the molecule is CCN(CC)CCn1c(NC(=O)C2CC23CCNCC3)nc2ccccc21. The van der Waals surface area contributed by atoms with Gasteiger partial charge in [0.25, 0.3) is 0 Å². The van der Waals surface area contributed by atoms with Crippen molar-refractivity contribution in [1.29, 1.82) is 0 Å². The van der Waals surface area contributed by atoms with E-state index in [1.807, 2.05) is 18.2 Å². The van der Waals surface area contributed by atoms with E-state index in [4.69, 9.17) is 4.98 Å². The van der Waals surface area contributed by atoms with Gasteiger partial charge in [-0.2, -0.15) is 0 Å². The van der Waals surface area contributed by atoms with E-state index in [1.165, 1.54) is 0 Å². The van der Waals surface area contributed by atoms with Gasteiger partial charge in [-0.1, -0.05) is 26.0 Å². The fourth-order valence-corrected chi connectivity index (χ4v) is 4.57. The van der Waals surface area contributed by atoms with Crippen LogP contribution in [0.15, 0.2) is 24.3 Å². The second-order valence-electron chi connectivity index (χ2n) is 7.96. The average Bonchev–Trinajstić information content (AvgIpc) is 3.27. The minimum Gasteiger partial charge on any atom is -0.317 e. The van der Waals surface area contributed by atoms with Crippen LogP contribution in [0.4, 0.5) is 5.95 Å². The summed E-state index contributed by atoms with van der Waals surface area (Å²) in [7, 11) is 0. The van der Waals surface area contributed by atoms with E-state index in [0.29, 0.717) is 5.95 Å². The van der Waals surface area contributed by atoms with Gasteiger partial charge < -0.3 is 14.8 Å². The van der Waals surface area contributed by atoms with Crippen molar-refractivity contribution < 1.29 is 4.79 Å². The van der Waals surface area contributed by atoms with Crippen molar-refractivity contribution in [2.24, 2.45) is 11.3 Å². The molecule has 2 N–H and O–H groups in total. The number of piperidine rings is 1. The maximum Gasteiger partial charge on any atom is 0.230 e. The number of benzene rings is 1. The van der Waals surface area contributed by atoms with Gasteiger partial charge in [0.2, 0.25) is 11.9 Å². The largest absolute Gasteiger partial charge is 0.317 e. The zero-order valence-electron chi connectivity index (χ0n) is 16.5. The third kappa shape index (κ3) is 3.60. The maximum absolute atomic E-state index is 12.9. The number of imidazole rings is 1. The number of rotatable bonds is 7. The van der Waals surface area contributed by atoms with Gasteiger partial charge in [0, 0.05) is 19.0 Å². The van der Waals surface area contributed by atoms with Crippen LogP contribution in [0.1, 0.15) is 33.1 Å². The summed E-state index contributed by atoms with van der Waals surface area (Å²) in [6.45, 7) is 10.3. The van der Waals surface area contributed by atoms with Crippen molar-refractivity contribution in [3.8, 4) is 0 Å². The Hall–Kier alpha value is -1.92. The van der Waals surface area contributed by atoms with Crippen LogP contribution in [0.25, 0.3) is 11.0 Å². The smallest absolute Gasteiger partial charge is 0.230 e. The van der Waals surface area contributed by atoms with Crippen molar-refractivity contribution in [1.82, 2.24) is 19.8 Å². The van der Waals surface area contributed by atoms with Crippen molar-refractivity contribution in [3.05, 3.63) is 24.3 Å². The molecule has 1 saturated carbocycles. The molecule has 1 amide bonds. The molecule has 0 radical (unpaired) electrons. The normalized spacial score (nSPS) is 21.1. The van der Waals surface area contributed by atoms with Gasteiger partial charge in [0.05, 0.1) is 11.0 Å². The van der Waals surface area contributed by atoms with Crippen LogP contribution in [0.5, 0.6) is 0 Å². The lowest BCUT2D eigenvalue weighted by Crippen LogP contribution is -2.32. The molecule has 1 aromatic heterocycles. The predicted octanol–water partition coefficient (Wildman–Crippen LogP) is 2.71. The van der Waals surface area contributed by atoms with Crippen molar-refractivity contribution >= 4 is 22.9 Å². The summed E-state index contributed by atoms with van der Waals surface area (Å²) < 4.78 is 2.17. The molecule has 6 heteroatoms. The zero-order valence-corrected chi connectivity index (χ0v) is 16.5. The van der Waals surface area contributed by atoms with E-state index < -0.39 is 0 Å². The molecule has 2 heterocycles. The number of aromatic nitrogens is 2. The maximum atomic E-state index is 12.9. The molecule has 1 unspecified atom stereocenters. The quantitative estimate of drug-likeness (QED) is 0.788. The summed E-state index contributed by atoms with van der Waals surface area (Å²) in [4.78, 5) is 20.1. The number of nitrogens with one attached hydrogen (secondary N) is 2. The van der Waals surface area contributed by atoms with Gasteiger partial charge in [-0.05, 0) is 63.0 Å². The van der Waals surface area contributed by atoms with Crippen LogP contribution in [0.2, 0.25) is 0 Å². The third-order valence-electron chi connectivity index (χ3n) is 6.53. The lowest BCUT2D eigenvalue weighted by molar-refractivity contribution is -0.118. The number of hydrogen-bond acceptors (Lipinski definition) is 4. The number of anilines is 1. The number of likely N-dealkylation sites (N-methyl/N-ethyl adjacent to an activating group) is 1. The highest BCUT2D eigenvalue weighted by atomic mass is 16.2. The Morgan fingerprint density at radius 3 is 2.78 bits per heavy atom. The van der Waals surface area contributed by atoms with E-state index >= 15 is 0 Å². The predicted molar refractivity (Wildman–Crippen MR) is 109 cm³/mol. The molecule has 1 aliphatic carbocycles. The summed E-state index contributed by atoms with van der Waals surface area (Å²) in [6, 6.07) is 8.14. The molecule has 2 aliphatic rings. The summed E-state index contributed by atoms with van der Waals surface area (Å²) in [6.07, 6.45) is 3.26. The highest BCUT2D eigenvalue weighted by molar-refractivity contribution is 5.95. The minimum absolute atomic E-state index is 0.149. The van der Waals surface area contributed by atoms with Crippen LogP contribution >= 0.6 is 0 Å². The second kappa shape index (κ2) is 7.60. The number of carbonyl (C=O) groups is 1. The number of fused-ring (bicyclic) bond motifs is 1. The van der Waals surface area contributed by atoms with Crippen LogP contribution in [-0.2, 0) is 11.3 Å². The Labute approximate surface area is 161 Å². The minimum atomic E-state index is 0.149. The highest BCUT2D eigenvalue weighted by Crippen LogP contribution is 2.58. The van der Waals surface area contributed by atoms with Crippen LogP contribution in [0.3, 0.4) is 0 Å². The van der Waals surface area contributed by atoms with Gasteiger partial charge in [-0.25, -0.2) is 4.98 Å². The molecule has 1 spiro atoms. The lowest BCUT2D eigenvalue weighted by atomic mass is 9.92. The Kier molecular flexibility index (Phi) is 5.19. The molecule has 1 atom stereocenters. The molecule has 1 aromatic carbocycles. The zero-order chi connectivity index (χ0) is 18.9. The topological polar surface area (TPSA) is 62.2 Å². The first-order valence-corrected chi connectivity index (χ1v) is 10.4. The van der Waals surface area contributed by atoms with Crippen LogP contribution in [0, 0.1) is 11.3 Å². The standard InChI is InChI=1S/C21H31N5O/c1-3-25(4-2)13-14-26-18-8-6-5-7-17(18)23-20(26)24-19(27)16-15-21(16)9-11-22-12-10-21/h5-8,16,22H,3-4,9-15H2,1-2H3,(H,23,24,27). The third-order valence-corrected chi connectivity index (χ3v) is 6.53. The molecule has 6 nitrogen and oxygen atoms in total. The van der Waals surface area contributed by atoms with Gasteiger partial charge in [0.15, 0.2) is 0 Å². The first kappa shape index (κ1) is 18.4. The molecule has 27 heavy (non-hydrogen) atoms. The van der Waals surface area contributed by atoms with E-state index in [0.717, 1.165) is 69.6 Å². The molecule has 1 saturated heterocycles. The molecule has 2 aromatic rings. The van der Waals surface area contributed by atoms with E-state index in [9.17, 15) is 4.79 Å². The van der Waals surface area contributed by atoms with E-state index in [-0.39, 0.29) is 17.2 Å². The Bertz CT molecular complexity index is 804. The molecule has 2 fully saturated rings. The molecular formula is C21H31N5O. The number of nitrogens with zero attached hydrogens (tertiary/aromatic N) is 3. The highest BCUT2D eigenvalue weighted by Gasteiger charge is 2.57. The molecular weight excluding hydrogens is 338 g/mol. The van der Waals surface area contributed by atoms with Crippen LogP contribution < -0.4 is 10.6 Å². The monoisotopic (exact) mass is 369 g/mol. The Morgan fingerprint density at radius 1 is 1.30 bits per heavy atom. The Balaban J connectivity index is 1.52. The van der Waals surface area contributed by atoms with Crippen LogP contribution in [-0.4, -0.2) is 53.1 Å². The summed E-state index contributed by atoms with van der Waals surface area (Å²) in [5.74, 6) is 0.997. The number of carbonyl (C=O) groups excluding carboxylic acids is 1. The fourth-order valence-electron chi connectivity index (χ4n) is 4.57. The molecule has 4 rings (SSSR count). The molecule has 1 aliphatic heterocycles. The van der Waals surface area contributed by atoms with Crippen molar-refractivity contribution in [2.75, 3.05) is 38.0 Å². The second-order valence-corrected chi connectivity index (χ2v) is 7.96. The number of amides is 1. The average molecular weight is 370 g/mol. The van der Waals surface area contributed by atoms with Gasteiger partial charge in [0.1, 0.15) is 0 Å². The van der Waals surface area contributed by atoms with Gasteiger partial charge in [-0.15, -0.1) is 0 Å². The first-order valence-electron chi connectivity index (χ1n) is 10.4. The number of para-hydroxylation sites is 2. The van der Waals surface area contributed by atoms with E-state index in [2.05, 4.69) is 40.0 Å². The summed E-state index contributed by atoms with van der Waals surface area (Å²) >= 11 is 0. The first-order chi connectivity index (χ1) is 13.2. The van der Waals surface area contributed by atoms with Crippen molar-refractivity contribution in [2.45, 2.75) is 39.7 Å². The number of hydrogen-bond donors (Lipinski definition) is 2. The molecule has 0 bridgehead atoms. The Morgan fingerprint density at radius 2 is 2.04 bits per heavy atom. The molecule has 146 valence electrons. The fraction of sp³-hybridized carbons (Fsp3) is 0.619. The lowest BCUT2D eigenvalue weighted by Gasteiger charge is -2.23. The van der Waals surface area contributed by atoms with Gasteiger partial charge >= 0.3 is 0 Å². The summed E-state index contributed by atoms with van der Waals surface area (Å²) in [5, 5.41) is 6.57. The van der Waals surface area contributed by atoms with E-state index in [1.54, 1.807) is 0 Å². The van der Waals surface area contributed by atoms with Gasteiger partial charge in [-0.3, -0.25) is 10.1 Å². The summed E-state index contributed by atoms with van der Waals surface area (Å²) in [5.41, 5.74) is 2.28. The van der Waals surface area contributed by atoms with Crippen molar-refractivity contribution in [3.63, 3.8) is 0 Å².